The summed E-state index contributed by atoms with van der Waals surface area (Å²) < 4.78 is 16.4. The molecule has 0 aromatic heterocycles. The molecular weight excluding hydrogens is 390 g/mol. The first kappa shape index (κ1) is 23.0. The molecule has 0 atom stereocenters. The van der Waals surface area contributed by atoms with Gasteiger partial charge in [-0.15, -0.1) is 0 Å². The van der Waals surface area contributed by atoms with Crippen molar-refractivity contribution in [1.82, 2.24) is 5.32 Å². The van der Waals surface area contributed by atoms with Crippen LogP contribution in [-0.4, -0.2) is 33.3 Å². The minimum atomic E-state index is 0.00913. The first-order chi connectivity index (χ1) is 15.1. The van der Waals surface area contributed by atoms with E-state index in [1.165, 1.54) is 18.4 Å². The van der Waals surface area contributed by atoms with E-state index in [0.29, 0.717) is 24.5 Å². The zero-order chi connectivity index (χ0) is 22.1. The van der Waals surface area contributed by atoms with Gasteiger partial charge < -0.3 is 19.5 Å². The second-order valence-corrected chi connectivity index (χ2v) is 8.36. The van der Waals surface area contributed by atoms with Crippen molar-refractivity contribution in [2.75, 3.05) is 27.4 Å². The SMILES string of the molecule is CCCCOc1ccc(C2(CNC(=O)Cc3ccc(OC)c(OC)c3)CCCC2)cc1. The highest BCUT2D eigenvalue weighted by molar-refractivity contribution is 5.79. The Balaban J connectivity index is 1.62. The van der Waals surface area contributed by atoms with Crippen molar-refractivity contribution in [3.63, 3.8) is 0 Å². The summed E-state index contributed by atoms with van der Waals surface area (Å²) in [7, 11) is 3.21. The fraction of sp³-hybridized carbons (Fsp3) is 0.500. The van der Waals surface area contributed by atoms with Gasteiger partial charge in [-0.05, 0) is 54.7 Å². The molecule has 5 heteroatoms. The molecule has 0 aliphatic heterocycles. The predicted octanol–water partition coefficient (Wildman–Crippen LogP) is 5.05. The normalized spacial score (nSPS) is 14.8. The number of carbonyl (C=O) groups excluding carboxylic acids is 1. The van der Waals surface area contributed by atoms with Crippen molar-refractivity contribution < 1.29 is 19.0 Å². The van der Waals surface area contributed by atoms with Crippen molar-refractivity contribution in [3.8, 4) is 17.2 Å². The first-order valence-corrected chi connectivity index (χ1v) is 11.3. The van der Waals surface area contributed by atoms with Gasteiger partial charge in [0.25, 0.3) is 0 Å². The third-order valence-corrected chi connectivity index (χ3v) is 6.23. The molecule has 1 aliphatic carbocycles. The molecule has 0 bridgehead atoms. The summed E-state index contributed by atoms with van der Waals surface area (Å²) in [5.41, 5.74) is 2.21. The Labute approximate surface area is 186 Å². The maximum atomic E-state index is 12.7. The summed E-state index contributed by atoms with van der Waals surface area (Å²) in [4.78, 5) is 12.7. The van der Waals surface area contributed by atoms with Crippen LogP contribution in [0.3, 0.4) is 0 Å². The second kappa shape index (κ2) is 11.1. The average Bonchev–Trinajstić information content (AvgIpc) is 3.28. The van der Waals surface area contributed by atoms with E-state index in [9.17, 15) is 4.79 Å². The molecule has 5 nitrogen and oxygen atoms in total. The number of unbranched alkanes of at least 4 members (excludes halogenated alkanes) is 1. The number of rotatable bonds is 11. The van der Waals surface area contributed by atoms with Gasteiger partial charge in [0.2, 0.25) is 5.91 Å². The number of nitrogens with one attached hydrogen (secondary N) is 1. The van der Waals surface area contributed by atoms with Gasteiger partial charge in [-0.3, -0.25) is 4.79 Å². The number of benzene rings is 2. The molecule has 0 heterocycles. The third kappa shape index (κ3) is 5.93. The smallest absolute Gasteiger partial charge is 0.224 e. The number of methoxy groups -OCH3 is 2. The molecule has 168 valence electrons. The maximum Gasteiger partial charge on any atom is 0.224 e. The molecule has 1 N–H and O–H groups in total. The zero-order valence-electron chi connectivity index (χ0n) is 19.0. The first-order valence-electron chi connectivity index (χ1n) is 11.3. The maximum absolute atomic E-state index is 12.7. The van der Waals surface area contributed by atoms with E-state index in [0.717, 1.165) is 43.6 Å². The Morgan fingerprint density at radius 2 is 1.71 bits per heavy atom. The van der Waals surface area contributed by atoms with Crippen LogP contribution < -0.4 is 19.5 Å². The van der Waals surface area contributed by atoms with Crippen LogP contribution in [0.1, 0.15) is 56.6 Å². The fourth-order valence-electron chi connectivity index (χ4n) is 4.36. The number of ether oxygens (including phenoxy) is 3. The summed E-state index contributed by atoms with van der Waals surface area (Å²) >= 11 is 0. The Morgan fingerprint density at radius 3 is 2.35 bits per heavy atom. The summed E-state index contributed by atoms with van der Waals surface area (Å²) in [5, 5.41) is 3.19. The standard InChI is InChI=1S/C26H35NO4/c1-4-5-16-31-22-11-9-21(10-12-22)26(14-6-7-15-26)19-27-25(28)18-20-8-13-23(29-2)24(17-20)30-3/h8-13,17H,4-7,14-16,18-19H2,1-3H3,(H,27,28). The molecule has 1 aliphatic rings. The molecule has 2 aromatic rings. The van der Waals surface area contributed by atoms with Crippen LogP contribution >= 0.6 is 0 Å². The summed E-state index contributed by atoms with van der Waals surface area (Å²) in [6, 6.07) is 14.1. The lowest BCUT2D eigenvalue weighted by molar-refractivity contribution is -0.120. The zero-order valence-corrected chi connectivity index (χ0v) is 19.0. The topological polar surface area (TPSA) is 56.8 Å². The van der Waals surface area contributed by atoms with E-state index < -0.39 is 0 Å². The van der Waals surface area contributed by atoms with Gasteiger partial charge in [-0.2, -0.15) is 0 Å². The minimum Gasteiger partial charge on any atom is -0.494 e. The largest absolute Gasteiger partial charge is 0.494 e. The molecule has 3 rings (SSSR count). The summed E-state index contributed by atoms with van der Waals surface area (Å²) in [5.74, 6) is 2.25. The van der Waals surface area contributed by atoms with Crippen molar-refractivity contribution in [2.24, 2.45) is 0 Å². The Morgan fingerprint density at radius 1 is 1.00 bits per heavy atom. The van der Waals surface area contributed by atoms with Gasteiger partial charge in [0.15, 0.2) is 11.5 Å². The van der Waals surface area contributed by atoms with Crippen LogP contribution in [-0.2, 0) is 16.6 Å². The molecule has 0 unspecified atom stereocenters. The lowest BCUT2D eigenvalue weighted by atomic mass is 9.78. The van der Waals surface area contributed by atoms with E-state index in [2.05, 4.69) is 36.5 Å². The van der Waals surface area contributed by atoms with Crippen molar-refractivity contribution in [1.29, 1.82) is 0 Å². The lowest BCUT2D eigenvalue weighted by Gasteiger charge is -2.30. The fourth-order valence-corrected chi connectivity index (χ4v) is 4.36. The number of hydrogen-bond acceptors (Lipinski definition) is 4. The monoisotopic (exact) mass is 425 g/mol. The Bertz CT molecular complexity index is 841. The molecule has 2 aromatic carbocycles. The van der Waals surface area contributed by atoms with Gasteiger partial charge >= 0.3 is 0 Å². The van der Waals surface area contributed by atoms with E-state index in [4.69, 9.17) is 14.2 Å². The summed E-state index contributed by atoms with van der Waals surface area (Å²) in [6.07, 6.45) is 7.10. The Kier molecular flexibility index (Phi) is 8.21. The quantitative estimate of drug-likeness (QED) is 0.512. The third-order valence-electron chi connectivity index (χ3n) is 6.23. The van der Waals surface area contributed by atoms with E-state index in [1.807, 2.05) is 18.2 Å². The van der Waals surface area contributed by atoms with Crippen LogP contribution in [0.5, 0.6) is 17.2 Å². The van der Waals surface area contributed by atoms with Gasteiger partial charge in [0.05, 0.1) is 27.2 Å². The Hall–Kier alpha value is -2.69. The van der Waals surface area contributed by atoms with E-state index in [-0.39, 0.29) is 11.3 Å². The number of carbonyl (C=O) groups is 1. The molecule has 1 amide bonds. The van der Waals surface area contributed by atoms with Crippen LogP contribution in [0.25, 0.3) is 0 Å². The van der Waals surface area contributed by atoms with Crippen LogP contribution in [0.2, 0.25) is 0 Å². The second-order valence-electron chi connectivity index (χ2n) is 8.36. The highest BCUT2D eigenvalue weighted by Crippen LogP contribution is 2.41. The summed E-state index contributed by atoms with van der Waals surface area (Å²) in [6.45, 7) is 3.58. The average molecular weight is 426 g/mol. The van der Waals surface area contributed by atoms with Crippen molar-refractivity contribution in [3.05, 3.63) is 53.6 Å². The van der Waals surface area contributed by atoms with Gasteiger partial charge in [0.1, 0.15) is 5.75 Å². The number of hydrogen-bond donors (Lipinski definition) is 1. The van der Waals surface area contributed by atoms with E-state index in [1.54, 1.807) is 14.2 Å². The van der Waals surface area contributed by atoms with Crippen molar-refractivity contribution in [2.45, 2.75) is 57.3 Å². The number of amides is 1. The van der Waals surface area contributed by atoms with Gasteiger partial charge in [-0.25, -0.2) is 0 Å². The van der Waals surface area contributed by atoms with Crippen molar-refractivity contribution >= 4 is 5.91 Å². The predicted molar refractivity (Wildman–Crippen MR) is 123 cm³/mol. The minimum absolute atomic E-state index is 0.00913. The highest BCUT2D eigenvalue weighted by Gasteiger charge is 2.35. The van der Waals surface area contributed by atoms with Crippen LogP contribution in [0, 0.1) is 0 Å². The molecule has 0 saturated heterocycles. The molecule has 1 saturated carbocycles. The van der Waals surface area contributed by atoms with Crippen LogP contribution in [0.4, 0.5) is 0 Å². The van der Waals surface area contributed by atoms with Gasteiger partial charge in [-0.1, -0.05) is 44.4 Å². The highest BCUT2D eigenvalue weighted by atomic mass is 16.5. The molecule has 0 spiro atoms. The van der Waals surface area contributed by atoms with Crippen LogP contribution in [0.15, 0.2) is 42.5 Å². The molecule has 0 radical (unpaired) electrons. The van der Waals surface area contributed by atoms with E-state index >= 15 is 0 Å². The molecule has 1 fully saturated rings. The lowest BCUT2D eigenvalue weighted by Crippen LogP contribution is -2.39. The molecular formula is C26H35NO4. The molecule has 31 heavy (non-hydrogen) atoms. The van der Waals surface area contributed by atoms with Gasteiger partial charge in [0, 0.05) is 12.0 Å².